The largest absolute Gasteiger partial charge is 0.463 e. The lowest BCUT2D eigenvalue weighted by atomic mass is 9.94. The van der Waals surface area contributed by atoms with E-state index in [2.05, 4.69) is 15.5 Å². The Morgan fingerprint density at radius 3 is 2.59 bits per heavy atom. The molecule has 2 heterocycles. The molecule has 186 valence electrons. The lowest BCUT2D eigenvalue weighted by Gasteiger charge is -2.42. The van der Waals surface area contributed by atoms with Crippen molar-refractivity contribution >= 4 is 29.6 Å². The number of halogens is 1. The minimum atomic E-state index is -0.720. The van der Waals surface area contributed by atoms with Crippen molar-refractivity contribution in [3.63, 3.8) is 0 Å². The van der Waals surface area contributed by atoms with E-state index in [4.69, 9.17) is 16.3 Å². The van der Waals surface area contributed by atoms with Crippen LogP contribution in [0.15, 0.2) is 35.5 Å². The van der Waals surface area contributed by atoms with Crippen LogP contribution in [0.2, 0.25) is 5.02 Å². The number of rotatable bonds is 6. The Hall–Kier alpha value is -2.78. The van der Waals surface area contributed by atoms with Crippen LogP contribution in [0, 0.1) is 0 Å². The van der Waals surface area contributed by atoms with E-state index in [1.807, 2.05) is 31.7 Å². The summed E-state index contributed by atoms with van der Waals surface area (Å²) >= 11 is 6.44. The number of piperazine rings is 1. The first-order valence-corrected chi connectivity index (χ1v) is 12.0. The van der Waals surface area contributed by atoms with E-state index in [1.165, 1.54) is 4.90 Å². The first-order chi connectivity index (χ1) is 16.1. The third-order valence-electron chi connectivity index (χ3n) is 6.05. The maximum atomic E-state index is 13.1. The van der Waals surface area contributed by atoms with Gasteiger partial charge in [-0.3, -0.25) is 9.80 Å². The molecule has 0 bridgehead atoms. The van der Waals surface area contributed by atoms with Crippen LogP contribution in [0.3, 0.4) is 0 Å². The highest BCUT2D eigenvalue weighted by atomic mass is 35.5. The molecule has 2 atom stereocenters. The summed E-state index contributed by atoms with van der Waals surface area (Å²) in [5.41, 5.74) is 1.57. The van der Waals surface area contributed by atoms with Gasteiger partial charge in [-0.25, -0.2) is 14.4 Å². The molecule has 0 aliphatic carbocycles. The third kappa shape index (κ3) is 5.64. The second kappa shape index (κ2) is 11.1. The number of carbonyl (C=O) groups is 3. The quantitative estimate of drug-likeness (QED) is 0.597. The number of nitrogens with one attached hydrogen (secondary N) is 2. The molecule has 0 spiro atoms. The van der Waals surface area contributed by atoms with Gasteiger partial charge in [0.15, 0.2) is 0 Å². The van der Waals surface area contributed by atoms with E-state index in [9.17, 15) is 14.4 Å². The first-order valence-electron chi connectivity index (χ1n) is 11.6. The Labute approximate surface area is 206 Å². The number of likely N-dealkylation sites (N-methyl/N-ethyl adjacent to an activating group) is 1. The minimum Gasteiger partial charge on any atom is -0.463 e. The number of hydrogen-bond donors (Lipinski definition) is 2. The van der Waals surface area contributed by atoms with E-state index < -0.39 is 12.0 Å². The monoisotopic (exact) mass is 491 g/mol. The Morgan fingerprint density at radius 2 is 1.97 bits per heavy atom. The lowest BCUT2D eigenvalue weighted by Crippen LogP contribution is -2.58. The maximum Gasteiger partial charge on any atom is 0.338 e. The number of esters is 1. The second-order valence-corrected chi connectivity index (χ2v) is 9.33. The predicted molar refractivity (Wildman–Crippen MR) is 130 cm³/mol. The number of amides is 4. The molecule has 1 fully saturated rings. The smallest absolute Gasteiger partial charge is 0.338 e. The maximum absolute atomic E-state index is 13.1. The fraction of sp³-hybridized carbons (Fsp3) is 0.542. The number of ether oxygens (including phenoxy) is 1. The van der Waals surface area contributed by atoms with Crippen LogP contribution < -0.4 is 10.6 Å². The third-order valence-corrected chi connectivity index (χ3v) is 6.39. The standard InChI is InChI=1S/C24H34ClN5O4/c1-6-34-22(31)20-19(14-29-11-12-30(16(4)13-29)24(33)26-15(2)3)28(5)23(32)27-21(20)17-9-7-8-10-18(17)25/h7-10,15-16,21H,6,11-14H2,1-5H3,(H,26,33)(H,27,32)/t16-,21+/m1/s1. The van der Waals surface area contributed by atoms with Crippen molar-refractivity contribution in [2.75, 3.05) is 39.8 Å². The fourth-order valence-electron chi connectivity index (χ4n) is 4.36. The summed E-state index contributed by atoms with van der Waals surface area (Å²) < 4.78 is 5.39. The molecule has 0 radical (unpaired) electrons. The molecule has 2 N–H and O–H groups in total. The molecule has 0 unspecified atom stereocenters. The molecule has 34 heavy (non-hydrogen) atoms. The molecule has 4 amide bonds. The predicted octanol–water partition coefficient (Wildman–Crippen LogP) is 2.98. The van der Waals surface area contributed by atoms with Gasteiger partial charge >= 0.3 is 18.0 Å². The Balaban J connectivity index is 1.91. The minimum absolute atomic E-state index is 0.0266. The molecule has 0 saturated carbocycles. The highest BCUT2D eigenvalue weighted by molar-refractivity contribution is 6.31. The van der Waals surface area contributed by atoms with E-state index >= 15 is 0 Å². The van der Waals surface area contributed by atoms with Gasteiger partial charge in [0.05, 0.1) is 18.2 Å². The molecular formula is C24H34ClN5O4. The van der Waals surface area contributed by atoms with Crippen LogP contribution >= 0.6 is 11.6 Å². The summed E-state index contributed by atoms with van der Waals surface area (Å²) in [6.45, 7) is 9.95. The van der Waals surface area contributed by atoms with Crippen LogP contribution in [-0.2, 0) is 9.53 Å². The van der Waals surface area contributed by atoms with Crippen molar-refractivity contribution < 1.29 is 19.1 Å². The van der Waals surface area contributed by atoms with E-state index in [0.29, 0.717) is 48.0 Å². The van der Waals surface area contributed by atoms with Crippen LogP contribution in [-0.4, -0.2) is 84.6 Å². The number of benzene rings is 1. The molecule has 1 aromatic carbocycles. The highest BCUT2D eigenvalue weighted by Gasteiger charge is 2.39. The van der Waals surface area contributed by atoms with E-state index in [-0.39, 0.29) is 30.8 Å². The van der Waals surface area contributed by atoms with Gasteiger partial charge in [-0.05, 0) is 39.3 Å². The van der Waals surface area contributed by atoms with E-state index in [0.717, 1.165) is 0 Å². The van der Waals surface area contributed by atoms with Gasteiger partial charge in [0.2, 0.25) is 0 Å². The SMILES string of the molecule is CCOC(=O)C1=C(CN2CCN(C(=O)NC(C)C)[C@H](C)C2)N(C)C(=O)N[C@H]1c1ccccc1Cl. The Bertz CT molecular complexity index is 966. The zero-order chi connectivity index (χ0) is 25.0. The fourth-order valence-corrected chi connectivity index (χ4v) is 4.61. The van der Waals surface area contributed by atoms with Gasteiger partial charge in [-0.1, -0.05) is 29.8 Å². The first kappa shape index (κ1) is 25.8. The number of nitrogens with zero attached hydrogens (tertiary/aromatic N) is 3. The summed E-state index contributed by atoms with van der Waals surface area (Å²) in [5.74, 6) is -0.489. The van der Waals surface area contributed by atoms with E-state index in [1.54, 1.807) is 32.2 Å². The highest BCUT2D eigenvalue weighted by Crippen LogP contribution is 2.34. The number of carbonyl (C=O) groups excluding carboxylic acids is 3. The lowest BCUT2D eigenvalue weighted by molar-refractivity contribution is -0.139. The van der Waals surface area contributed by atoms with Gasteiger partial charge in [0.25, 0.3) is 0 Å². The van der Waals surface area contributed by atoms with Crippen LogP contribution in [0.5, 0.6) is 0 Å². The molecule has 3 rings (SSSR count). The molecule has 0 aromatic heterocycles. The molecule has 1 saturated heterocycles. The second-order valence-electron chi connectivity index (χ2n) is 8.93. The average Bonchev–Trinajstić information content (AvgIpc) is 2.76. The van der Waals surface area contributed by atoms with Gasteiger partial charge in [-0.2, -0.15) is 0 Å². The van der Waals surface area contributed by atoms with Crippen molar-refractivity contribution in [2.45, 2.75) is 45.8 Å². The topological polar surface area (TPSA) is 94.2 Å². The van der Waals surface area contributed by atoms with Crippen molar-refractivity contribution in [2.24, 2.45) is 0 Å². The summed E-state index contributed by atoms with van der Waals surface area (Å²) in [6, 6.07) is 6.05. The average molecular weight is 492 g/mol. The van der Waals surface area contributed by atoms with Gasteiger partial charge in [0, 0.05) is 56.0 Å². The van der Waals surface area contributed by atoms with Gasteiger partial charge in [0.1, 0.15) is 0 Å². The van der Waals surface area contributed by atoms with Crippen LogP contribution in [0.1, 0.15) is 39.3 Å². The molecule has 9 nitrogen and oxygen atoms in total. The van der Waals surface area contributed by atoms with Crippen molar-refractivity contribution in [3.8, 4) is 0 Å². The normalized spacial score (nSPS) is 21.6. The summed E-state index contributed by atoms with van der Waals surface area (Å²) in [4.78, 5) is 43.9. The molecule has 1 aromatic rings. The molecule has 2 aliphatic heterocycles. The van der Waals surface area contributed by atoms with Crippen molar-refractivity contribution in [3.05, 3.63) is 46.1 Å². The van der Waals surface area contributed by atoms with Crippen LogP contribution in [0.4, 0.5) is 9.59 Å². The van der Waals surface area contributed by atoms with Crippen LogP contribution in [0.25, 0.3) is 0 Å². The van der Waals surface area contributed by atoms with Crippen molar-refractivity contribution in [1.82, 2.24) is 25.3 Å². The zero-order valence-corrected chi connectivity index (χ0v) is 21.2. The zero-order valence-electron chi connectivity index (χ0n) is 20.4. The van der Waals surface area contributed by atoms with Gasteiger partial charge in [-0.15, -0.1) is 0 Å². The summed E-state index contributed by atoms with van der Waals surface area (Å²) in [7, 11) is 1.64. The number of hydrogen-bond acceptors (Lipinski definition) is 5. The Morgan fingerprint density at radius 1 is 1.26 bits per heavy atom. The summed E-state index contributed by atoms with van der Waals surface area (Å²) in [5, 5.41) is 6.29. The van der Waals surface area contributed by atoms with Gasteiger partial charge < -0.3 is 20.3 Å². The molecule has 2 aliphatic rings. The molecule has 10 heteroatoms. The summed E-state index contributed by atoms with van der Waals surface area (Å²) in [6.07, 6.45) is 0. The Kier molecular flexibility index (Phi) is 8.43. The van der Waals surface area contributed by atoms with Crippen molar-refractivity contribution in [1.29, 1.82) is 0 Å². The number of urea groups is 2. The molecular weight excluding hydrogens is 458 g/mol.